The summed E-state index contributed by atoms with van der Waals surface area (Å²) in [5.74, 6) is 0.361. The van der Waals surface area contributed by atoms with Crippen LogP contribution in [-0.2, 0) is 10.2 Å². The Kier molecular flexibility index (Phi) is 5.37. The molecule has 0 aliphatic carbocycles. The highest BCUT2D eigenvalue weighted by atomic mass is 32.2. The van der Waals surface area contributed by atoms with Gasteiger partial charge in [0.15, 0.2) is 11.0 Å². The number of nitrogens with zero attached hydrogens (tertiary/aromatic N) is 3. The van der Waals surface area contributed by atoms with Crippen LogP contribution in [0.5, 0.6) is 0 Å². The fourth-order valence-corrected chi connectivity index (χ4v) is 3.50. The first kappa shape index (κ1) is 19.2. The lowest BCUT2D eigenvalue weighted by Crippen LogP contribution is -2.23. The van der Waals surface area contributed by atoms with E-state index in [0.717, 1.165) is 17.1 Å². The molecule has 27 heavy (non-hydrogen) atoms. The largest absolute Gasteiger partial charge is 0.369 e. The van der Waals surface area contributed by atoms with Gasteiger partial charge in [-0.1, -0.05) is 75.0 Å². The molecule has 1 amide bonds. The van der Waals surface area contributed by atoms with Crippen LogP contribution in [-0.4, -0.2) is 25.9 Å². The van der Waals surface area contributed by atoms with Crippen molar-refractivity contribution in [1.29, 1.82) is 0 Å². The predicted octanol–water partition coefficient (Wildman–Crippen LogP) is 4.20. The lowest BCUT2D eigenvalue weighted by Gasteiger charge is -2.19. The lowest BCUT2D eigenvalue weighted by atomic mass is 9.87. The van der Waals surface area contributed by atoms with E-state index in [4.69, 9.17) is 5.73 Å². The second-order valence-corrected chi connectivity index (χ2v) is 8.77. The van der Waals surface area contributed by atoms with Gasteiger partial charge in [0, 0.05) is 11.3 Å². The molecule has 0 aliphatic rings. The number of nitrogens with two attached hydrogens (primary N) is 1. The van der Waals surface area contributed by atoms with Crippen molar-refractivity contribution in [2.45, 2.75) is 43.5 Å². The van der Waals surface area contributed by atoms with Gasteiger partial charge in [-0.3, -0.25) is 9.36 Å². The third kappa shape index (κ3) is 4.22. The van der Waals surface area contributed by atoms with Crippen LogP contribution >= 0.6 is 11.8 Å². The van der Waals surface area contributed by atoms with Gasteiger partial charge in [-0.25, -0.2) is 0 Å². The zero-order valence-electron chi connectivity index (χ0n) is 16.0. The quantitative estimate of drug-likeness (QED) is 0.673. The average molecular weight is 381 g/mol. The molecule has 0 bridgehead atoms. The molecule has 0 aliphatic heterocycles. The molecule has 2 N–H and O–H groups in total. The van der Waals surface area contributed by atoms with E-state index in [9.17, 15) is 4.79 Å². The number of amides is 1. The summed E-state index contributed by atoms with van der Waals surface area (Å²) in [5.41, 5.74) is 8.69. The number of hydrogen-bond acceptors (Lipinski definition) is 4. The van der Waals surface area contributed by atoms with Gasteiger partial charge in [0.05, 0.1) is 5.25 Å². The minimum Gasteiger partial charge on any atom is -0.369 e. The van der Waals surface area contributed by atoms with Crippen molar-refractivity contribution in [2.75, 3.05) is 0 Å². The first-order chi connectivity index (χ1) is 12.8. The summed E-state index contributed by atoms with van der Waals surface area (Å²) in [5, 5.41) is 8.98. The number of hydrogen-bond donors (Lipinski definition) is 1. The summed E-state index contributed by atoms with van der Waals surface area (Å²) >= 11 is 1.31. The van der Waals surface area contributed by atoms with Gasteiger partial charge in [0.25, 0.3) is 0 Å². The van der Waals surface area contributed by atoms with E-state index in [1.807, 2.05) is 34.9 Å². The molecule has 5 nitrogen and oxygen atoms in total. The number of rotatable bonds is 5. The SMILES string of the molecule is CC(Sc1nnc(-c2ccc(C(C)(C)C)cc2)n1-c1ccccc1)C(N)=O. The summed E-state index contributed by atoms with van der Waals surface area (Å²) in [6.07, 6.45) is 0. The molecule has 0 saturated carbocycles. The minimum atomic E-state index is -0.396. The number of thioether (sulfide) groups is 1. The zero-order valence-corrected chi connectivity index (χ0v) is 16.8. The fourth-order valence-electron chi connectivity index (χ4n) is 2.68. The topological polar surface area (TPSA) is 73.8 Å². The molecular weight excluding hydrogens is 356 g/mol. The number of benzene rings is 2. The standard InChI is InChI=1S/C21H24N4OS/c1-14(18(22)26)27-20-24-23-19(25(20)17-8-6-5-7-9-17)15-10-12-16(13-11-15)21(2,3)4/h5-14H,1-4H3,(H2,22,26). The van der Waals surface area contributed by atoms with E-state index in [1.54, 1.807) is 6.92 Å². The van der Waals surface area contributed by atoms with Crippen LogP contribution in [0.25, 0.3) is 17.1 Å². The van der Waals surface area contributed by atoms with E-state index >= 15 is 0 Å². The molecule has 1 unspecified atom stereocenters. The Morgan fingerprint density at radius 3 is 2.22 bits per heavy atom. The molecule has 2 aromatic carbocycles. The Labute approximate surface area is 164 Å². The number of para-hydroxylation sites is 1. The summed E-state index contributed by atoms with van der Waals surface area (Å²) < 4.78 is 1.97. The normalized spacial score (nSPS) is 12.7. The molecule has 0 fully saturated rings. The Morgan fingerprint density at radius 2 is 1.67 bits per heavy atom. The molecule has 1 heterocycles. The smallest absolute Gasteiger partial charge is 0.230 e. The fraction of sp³-hybridized carbons (Fsp3) is 0.286. The van der Waals surface area contributed by atoms with Gasteiger partial charge >= 0.3 is 0 Å². The van der Waals surface area contributed by atoms with Crippen LogP contribution in [0.4, 0.5) is 0 Å². The van der Waals surface area contributed by atoms with Crippen molar-refractivity contribution < 1.29 is 4.79 Å². The highest BCUT2D eigenvalue weighted by Crippen LogP contribution is 2.31. The third-order valence-corrected chi connectivity index (χ3v) is 5.40. The van der Waals surface area contributed by atoms with Crippen LogP contribution in [0.15, 0.2) is 59.8 Å². The molecule has 1 aromatic heterocycles. The second-order valence-electron chi connectivity index (χ2n) is 7.47. The van der Waals surface area contributed by atoms with Gasteiger partial charge in [-0.2, -0.15) is 0 Å². The highest BCUT2D eigenvalue weighted by Gasteiger charge is 2.21. The van der Waals surface area contributed by atoms with E-state index < -0.39 is 5.25 Å². The molecule has 140 valence electrons. The Balaban J connectivity index is 2.08. The maximum atomic E-state index is 11.5. The summed E-state index contributed by atoms with van der Waals surface area (Å²) in [7, 11) is 0. The van der Waals surface area contributed by atoms with E-state index in [0.29, 0.717) is 5.16 Å². The van der Waals surface area contributed by atoms with Crippen molar-refractivity contribution in [3.05, 3.63) is 60.2 Å². The van der Waals surface area contributed by atoms with Crippen molar-refractivity contribution >= 4 is 17.7 Å². The first-order valence-corrected chi connectivity index (χ1v) is 9.73. The van der Waals surface area contributed by atoms with E-state index in [2.05, 4.69) is 55.2 Å². The van der Waals surface area contributed by atoms with Gasteiger partial charge in [-0.15, -0.1) is 10.2 Å². The molecule has 1 atom stereocenters. The maximum Gasteiger partial charge on any atom is 0.230 e. The van der Waals surface area contributed by atoms with Gasteiger partial charge < -0.3 is 5.73 Å². The molecule has 0 saturated heterocycles. The molecule has 6 heteroatoms. The number of primary amides is 1. The van der Waals surface area contributed by atoms with E-state index in [-0.39, 0.29) is 11.3 Å². The van der Waals surface area contributed by atoms with Gasteiger partial charge in [-0.05, 0) is 30.0 Å². The third-order valence-electron chi connectivity index (χ3n) is 4.34. The first-order valence-electron chi connectivity index (χ1n) is 8.85. The molecular formula is C21H24N4OS. The molecule has 3 aromatic rings. The van der Waals surface area contributed by atoms with Crippen LogP contribution in [0.3, 0.4) is 0 Å². The van der Waals surface area contributed by atoms with Crippen molar-refractivity contribution in [2.24, 2.45) is 5.73 Å². The van der Waals surface area contributed by atoms with Crippen molar-refractivity contribution in [3.63, 3.8) is 0 Å². The number of carbonyl (C=O) groups excluding carboxylic acids is 1. The minimum absolute atomic E-state index is 0.0869. The van der Waals surface area contributed by atoms with Crippen LogP contribution in [0, 0.1) is 0 Å². The maximum absolute atomic E-state index is 11.5. The van der Waals surface area contributed by atoms with Crippen molar-refractivity contribution in [1.82, 2.24) is 14.8 Å². The molecule has 0 radical (unpaired) electrons. The monoisotopic (exact) mass is 380 g/mol. The number of carbonyl (C=O) groups is 1. The van der Waals surface area contributed by atoms with E-state index in [1.165, 1.54) is 17.3 Å². The van der Waals surface area contributed by atoms with Crippen LogP contribution < -0.4 is 5.73 Å². The van der Waals surface area contributed by atoms with Crippen LogP contribution in [0.2, 0.25) is 0 Å². The Morgan fingerprint density at radius 1 is 1.04 bits per heavy atom. The molecule has 0 spiro atoms. The summed E-state index contributed by atoms with van der Waals surface area (Å²) in [6, 6.07) is 18.3. The molecule has 3 rings (SSSR count). The number of aromatic nitrogens is 3. The Hall–Kier alpha value is -2.60. The second kappa shape index (κ2) is 7.56. The average Bonchev–Trinajstić information content (AvgIpc) is 3.05. The lowest BCUT2D eigenvalue weighted by molar-refractivity contribution is -0.117. The highest BCUT2D eigenvalue weighted by molar-refractivity contribution is 8.00. The van der Waals surface area contributed by atoms with Crippen molar-refractivity contribution in [3.8, 4) is 17.1 Å². The van der Waals surface area contributed by atoms with Gasteiger partial charge in [0.1, 0.15) is 0 Å². The summed E-state index contributed by atoms with van der Waals surface area (Å²) in [4.78, 5) is 11.5. The summed E-state index contributed by atoms with van der Waals surface area (Å²) in [6.45, 7) is 8.34. The van der Waals surface area contributed by atoms with Gasteiger partial charge in [0.2, 0.25) is 5.91 Å². The predicted molar refractivity (Wildman–Crippen MR) is 110 cm³/mol. The van der Waals surface area contributed by atoms with Crippen LogP contribution in [0.1, 0.15) is 33.3 Å². The Bertz CT molecular complexity index is 927. The zero-order chi connectivity index (χ0) is 19.6.